The molecule has 0 bridgehead atoms. The molecule has 0 spiro atoms. The van der Waals surface area contributed by atoms with Crippen molar-refractivity contribution in [2.45, 2.75) is 6.36 Å². The Morgan fingerprint density at radius 2 is 1.92 bits per heavy atom. The molecule has 0 N–H and O–H groups in total. The summed E-state index contributed by atoms with van der Waals surface area (Å²) in [6.07, 6.45) is -4.71. The maximum absolute atomic E-state index is 11.7. The Hall–Kier alpha value is -0.835. The van der Waals surface area contributed by atoms with Gasteiger partial charge >= 0.3 is 6.36 Å². The van der Waals surface area contributed by atoms with Crippen molar-refractivity contribution in [3.05, 3.63) is 23.2 Å². The van der Waals surface area contributed by atoms with Gasteiger partial charge in [-0.2, -0.15) is 0 Å². The normalized spacial score (nSPS) is 11.4. The fourth-order valence-electron chi connectivity index (χ4n) is 0.719. The minimum atomic E-state index is -4.71. The third-order valence-corrected chi connectivity index (χ3v) is 1.55. The summed E-state index contributed by atoms with van der Waals surface area (Å²) in [6, 6.07) is 3.33. The Bertz CT molecular complexity index is 313. The lowest BCUT2D eigenvalue weighted by atomic mass is 9.96. The fraction of sp³-hybridized carbons (Fsp3) is 0.143. The van der Waals surface area contributed by atoms with E-state index in [1.807, 2.05) is 0 Å². The van der Waals surface area contributed by atoms with E-state index >= 15 is 0 Å². The second kappa shape index (κ2) is 3.50. The number of hydrogen-bond acceptors (Lipinski definition) is 1. The van der Waals surface area contributed by atoms with Crippen molar-refractivity contribution >= 4 is 24.9 Å². The zero-order chi connectivity index (χ0) is 10.1. The molecule has 0 amide bonds. The van der Waals surface area contributed by atoms with Crippen LogP contribution in [0.5, 0.6) is 5.75 Å². The van der Waals surface area contributed by atoms with E-state index in [2.05, 4.69) is 4.74 Å². The summed E-state index contributed by atoms with van der Waals surface area (Å²) < 4.78 is 38.6. The number of rotatable bonds is 1. The number of halogens is 4. The van der Waals surface area contributed by atoms with E-state index in [9.17, 15) is 13.2 Å². The number of ether oxygens (including phenoxy) is 1. The van der Waals surface area contributed by atoms with Gasteiger partial charge in [0.25, 0.3) is 0 Å². The van der Waals surface area contributed by atoms with E-state index in [0.717, 1.165) is 12.1 Å². The van der Waals surface area contributed by atoms with Crippen LogP contribution in [0.25, 0.3) is 0 Å². The summed E-state index contributed by atoms with van der Waals surface area (Å²) in [5, 5.41) is 0.189. The van der Waals surface area contributed by atoms with Gasteiger partial charge < -0.3 is 4.74 Å². The first-order valence-electron chi connectivity index (χ1n) is 3.19. The molecule has 1 rings (SSSR count). The highest BCUT2D eigenvalue weighted by Crippen LogP contribution is 2.22. The molecular formula is C7H3BClF3O. The summed E-state index contributed by atoms with van der Waals surface area (Å²) in [5.41, 5.74) is 0.0448. The molecule has 0 aliphatic carbocycles. The van der Waals surface area contributed by atoms with Crippen molar-refractivity contribution in [1.29, 1.82) is 0 Å². The number of hydrogen-bond donors (Lipinski definition) is 0. The average molecular weight is 206 g/mol. The topological polar surface area (TPSA) is 9.23 Å². The molecule has 0 aromatic heterocycles. The van der Waals surface area contributed by atoms with Gasteiger partial charge in [0.1, 0.15) is 13.6 Å². The van der Waals surface area contributed by atoms with Gasteiger partial charge in [-0.25, -0.2) is 0 Å². The molecule has 1 aromatic rings. The molecule has 1 aromatic carbocycles. The zero-order valence-corrected chi connectivity index (χ0v) is 6.99. The molecule has 0 aliphatic heterocycles. The van der Waals surface area contributed by atoms with E-state index in [1.165, 1.54) is 6.07 Å². The lowest BCUT2D eigenvalue weighted by Crippen LogP contribution is -2.18. The first-order valence-corrected chi connectivity index (χ1v) is 3.57. The third kappa shape index (κ3) is 3.18. The van der Waals surface area contributed by atoms with Gasteiger partial charge in [-0.1, -0.05) is 17.1 Å². The van der Waals surface area contributed by atoms with Gasteiger partial charge in [0.2, 0.25) is 0 Å². The Labute approximate surface area is 78.9 Å². The molecule has 2 radical (unpaired) electrons. The molecule has 0 atom stereocenters. The van der Waals surface area contributed by atoms with Crippen LogP contribution in [-0.2, 0) is 0 Å². The van der Waals surface area contributed by atoms with Crippen molar-refractivity contribution in [3.8, 4) is 5.75 Å². The van der Waals surface area contributed by atoms with Gasteiger partial charge in [-0.05, 0) is 18.2 Å². The van der Waals surface area contributed by atoms with Crippen LogP contribution in [-0.4, -0.2) is 14.2 Å². The molecule has 1 nitrogen and oxygen atoms in total. The van der Waals surface area contributed by atoms with Crippen LogP contribution in [0.4, 0.5) is 13.2 Å². The van der Waals surface area contributed by atoms with Crippen LogP contribution in [0.3, 0.4) is 0 Å². The summed E-state index contributed by atoms with van der Waals surface area (Å²) in [4.78, 5) is 0. The molecule has 13 heavy (non-hydrogen) atoms. The van der Waals surface area contributed by atoms with Crippen LogP contribution in [0.15, 0.2) is 18.2 Å². The average Bonchev–Trinajstić information content (AvgIpc) is 1.94. The molecule has 0 aliphatic rings. The molecule has 68 valence electrons. The van der Waals surface area contributed by atoms with E-state index in [0.29, 0.717) is 0 Å². The maximum Gasteiger partial charge on any atom is 0.573 e. The Balaban J connectivity index is 2.86. The molecular weight excluding hydrogens is 203 g/mol. The van der Waals surface area contributed by atoms with Crippen LogP contribution in [0.1, 0.15) is 0 Å². The van der Waals surface area contributed by atoms with Gasteiger partial charge in [-0.15, -0.1) is 13.2 Å². The highest BCUT2D eigenvalue weighted by atomic mass is 35.5. The second-order valence-electron chi connectivity index (χ2n) is 2.23. The standard InChI is InChI=1S/C7H3BClF3O/c8-5-3-4(1-2-6(5)9)13-7(10,11)12/h1-3H. The van der Waals surface area contributed by atoms with Gasteiger partial charge in [0.15, 0.2) is 0 Å². The first-order chi connectivity index (χ1) is 5.88. The van der Waals surface area contributed by atoms with Crippen LogP contribution >= 0.6 is 11.6 Å². The molecule has 0 saturated heterocycles. The van der Waals surface area contributed by atoms with Gasteiger partial charge in [0.05, 0.1) is 0 Å². The largest absolute Gasteiger partial charge is 0.573 e. The predicted octanol–water partition coefficient (Wildman–Crippen LogP) is 2.03. The summed E-state index contributed by atoms with van der Waals surface area (Å²) in [5.74, 6) is -0.380. The van der Waals surface area contributed by atoms with Crippen molar-refractivity contribution in [2.24, 2.45) is 0 Å². The fourth-order valence-corrected chi connectivity index (χ4v) is 0.837. The minimum Gasteiger partial charge on any atom is -0.406 e. The maximum atomic E-state index is 11.7. The van der Waals surface area contributed by atoms with Gasteiger partial charge in [-0.3, -0.25) is 0 Å². The third-order valence-electron chi connectivity index (χ3n) is 1.20. The van der Waals surface area contributed by atoms with E-state index in [-0.39, 0.29) is 16.2 Å². The zero-order valence-electron chi connectivity index (χ0n) is 6.23. The summed E-state index contributed by atoms with van der Waals surface area (Å²) >= 11 is 5.49. The predicted molar refractivity (Wildman–Crippen MR) is 43.5 cm³/mol. The van der Waals surface area contributed by atoms with Crippen molar-refractivity contribution in [2.75, 3.05) is 0 Å². The molecule has 0 fully saturated rings. The Morgan fingerprint density at radius 3 is 2.38 bits per heavy atom. The molecule has 0 saturated carbocycles. The molecule has 6 heteroatoms. The monoisotopic (exact) mass is 206 g/mol. The highest BCUT2D eigenvalue weighted by Gasteiger charge is 2.31. The Morgan fingerprint density at radius 1 is 1.31 bits per heavy atom. The smallest absolute Gasteiger partial charge is 0.406 e. The summed E-state index contributed by atoms with van der Waals surface area (Å²) in [6.45, 7) is 0. The Kier molecular flexibility index (Phi) is 2.76. The number of benzene rings is 1. The second-order valence-corrected chi connectivity index (χ2v) is 2.64. The van der Waals surface area contributed by atoms with E-state index in [1.54, 1.807) is 0 Å². The van der Waals surface area contributed by atoms with Crippen LogP contribution < -0.4 is 10.2 Å². The molecule has 0 unspecified atom stereocenters. The SMILES string of the molecule is [B]c1cc(OC(F)(F)F)ccc1Cl. The quantitative estimate of drug-likeness (QED) is 0.639. The van der Waals surface area contributed by atoms with E-state index in [4.69, 9.17) is 19.4 Å². The molecule has 0 heterocycles. The van der Waals surface area contributed by atoms with Crippen molar-refractivity contribution < 1.29 is 17.9 Å². The van der Waals surface area contributed by atoms with Crippen molar-refractivity contribution in [1.82, 2.24) is 0 Å². The highest BCUT2D eigenvalue weighted by molar-refractivity contribution is 6.45. The van der Waals surface area contributed by atoms with Gasteiger partial charge in [0, 0.05) is 5.02 Å². The lowest BCUT2D eigenvalue weighted by molar-refractivity contribution is -0.274. The summed E-state index contributed by atoms with van der Waals surface area (Å²) in [7, 11) is 5.26. The number of alkyl halides is 3. The van der Waals surface area contributed by atoms with E-state index < -0.39 is 6.36 Å². The van der Waals surface area contributed by atoms with Crippen molar-refractivity contribution in [3.63, 3.8) is 0 Å². The van der Waals surface area contributed by atoms with Crippen LogP contribution in [0.2, 0.25) is 5.02 Å². The van der Waals surface area contributed by atoms with Crippen LogP contribution in [0, 0.1) is 0 Å². The lowest BCUT2D eigenvalue weighted by Gasteiger charge is -2.09. The minimum absolute atomic E-state index is 0.0448. The first kappa shape index (κ1) is 10.2.